The molecule has 25 heavy (non-hydrogen) atoms. The standard InChI is InChI=1S/C17H15NP.C5H5.Fe/c18-16-12-7-13-17(16)19(14-8-3-1-4-9-14)15-10-5-2-6-11-15;1-2-4-5-3-1;/h1-13H,18H2;1-5H;. The summed E-state index contributed by atoms with van der Waals surface area (Å²) in [5, 5.41) is 3.31. The van der Waals surface area contributed by atoms with Crippen LogP contribution in [-0.4, -0.2) is 8.49 Å². The van der Waals surface area contributed by atoms with Crippen LogP contribution in [0.15, 0.2) is 60.7 Å². The molecule has 0 bridgehead atoms. The summed E-state index contributed by atoms with van der Waals surface area (Å²) in [7, 11) is -0.242. The summed E-state index contributed by atoms with van der Waals surface area (Å²) in [5.41, 5.74) is 7.68. The number of hydrogen-bond acceptors (Lipinski definition) is 1. The van der Waals surface area contributed by atoms with Gasteiger partial charge in [0.05, 0.1) is 0 Å². The van der Waals surface area contributed by atoms with Crippen molar-refractivity contribution in [1.29, 1.82) is 0 Å². The number of hydrogen-bond donors (Lipinski definition) is 1. The molecule has 12 rings (SSSR count). The van der Waals surface area contributed by atoms with Crippen LogP contribution in [0.2, 0.25) is 38.5 Å². The Morgan fingerprint density at radius 3 is 1.44 bits per heavy atom. The van der Waals surface area contributed by atoms with Gasteiger partial charge >= 0.3 is 138 Å². The Bertz CT molecular complexity index is 1440. The van der Waals surface area contributed by atoms with Crippen LogP contribution in [0.25, 0.3) is 0 Å². The van der Waals surface area contributed by atoms with Crippen molar-refractivity contribution in [3.8, 4) is 0 Å². The quantitative estimate of drug-likeness (QED) is 0.620. The predicted octanol–water partition coefficient (Wildman–Crippen LogP) is 4.28. The first-order valence-corrected chi connectivity index (χ1v) is 17.5. The molecule has 5 unspecified atom stereocenters. The SMILES string of the molecule is N[C]12[CH]3[CH]4[CH]5[C]1(P(c1ccccc1)c1ccccc1)[Fe]43521678[CH]2[CH]1[CH]6[CH]7[CH]28. The Morgan fingerprint density at radius 1 is 0.680 bits per heavy atom. The molecule has 0 aromatic heterocycles. The molecule has 0 radical (unpaired) electrons. The van der Waals surface area contributed by atoms with E-state index in [-0.39, 0.29) is 7.92 Å². The van der Waals surface area contributed by atoms with E-state index in [4.69, 9.17) is 5.73 Å². The minimum atomic E-state index is -3.44. The van der Waals surface area contributed by atoms with Crippen LogP contribution in [0.4, 0.5) is 0 Å². The Balaban J connectivity index is 1.33. The molecule has 126 valence electrons. The molecule has 10 aliphatic heterocycles. The van der Waals surface area contributed by atoms with E-state index in [0.29, 0.717) is 8.49 Å². The average molecular weight is 385 g/mol. The fourth-order valence-corrected chi connectivity index (χ4v) is 107. The van der Waals surface area contributed by atoms with Crippen molar-refractivity contribution in [2.45, 2.75) is 47.0 Å². The van der Waals surface area contributed by atoms with Crippen molar-refractivity contribution in [3.05, 3.63) is 60.7 Å². The molecular formula is C22H20FeNP. The van der Waals surface area contributed by atoms with Crippen LogP contribution in [0, 0.1) is 0 Å². The summed E-state index contributed by atoms with van der Waals surface area (Å²) >= 11 is 0. The van der Waals surface area contributed by atoms with Gasteiger partial charge in [-0.2, -0.15) is 0 Å². The van der Waals surface area contributed by atoms with Gasteiger partial charge in [-0.15, -0.1) is 0 Å². The van der Waals surface area contributed by atoms with E-state index in [0.717, 1.165) is 0 Å². The van der Waals surface area contributed by atoms with E-state index in [1.54, 1.807) is 10.6 Å². The molecule has 3 heteroatoms. The van der Waals surface area contributed by atoms with Crippen molar-refractivity contribution in [1.82, 2.24) is 0 Å². The minimum absolute atomic E-state index is 0.242. The zero-order valence-electron chi connectivity index (χ0n) is 13.8. The van der Waals surface area contributed by atoms with Gasteiger partial charge < -0.3 is 0 Å². The first-order chi connectivity index (χ1) is 12.0. The molecule has 1 spiro atoms. The van der Waals surface area contributed by atoms with Crippen LogP contribution in [-0.2, 0) is 6.51 Å². The van der Waals surface area contributed by atoms with Gasteiger partial charge in [-0.05, 0) is 0 Å². The van der Waals surface area contributed by atoms with Crippen molar-refractivity contribution in [3.63, 3.8) is 0 Å². The predicted molar refractivity (Wildman–Crippen MR) is 98.7 cm³/mol. The van der Waals surface area contributed by atoms with Crippen LogP contribution in [0.3, 0.4) is 0 Å². The van der Waals surface area contributed by atoms with Gasteiger partial charge in [0.2, 0.25) is 0 Å². The summed E-state index contributed by atoms with van der Waals surface area (Å²) in [6.45, 7) is -3.44. The van der Waals surface area contributed by atoms with Gasteiger partial charge in [-0.25, -0.2) is 0 Å². The van der Waals surface area contributed by atoms with Crippen molar-refractivity contribution < 1.29 is 6.51 Å². The third-order valence-electron chi connectivity index (χ3n) is 17.3. The molecule has 5 atom stereocenters. The van der Waals surface area contributed by atoms with Gasteiger partial charge in [0, 0.05) is 0 Å². The van der Waals surface area contributed by atoms with Crippen molar-refractivity contribution in [2.24, 2.45) is 5.73 Å². The van der Waals surface area contributed by atoms with Gasteiger partial charge in [0.25, 0.3) is 0 Å². The fraction of sp³-hybridized carbons (Fsp3) is 0.455. The first kappa shape index (κ1) is 10.6. The normalized spacial score (nSPS) is 87.8. The van der Waals surface area contributed by atoms with Gasteiger partial charge in [0.1, 0.15) is 0 Å². The zero-order valence-corrected chi connectivity index (χ0v) is 15.8. The van der Waals surface area contributed by atoms with Gasteiger partial charge in [-0.3, -0.25) is 0 Å². The summed E-state index contributed by atoms with van der Waals surface area (Å²) in [6, 6.07) is 23.3. The van der Waals surface area contributed by atoms with E-state index >= 15 is 0 Å². The number of rotatable bonds is 3. The Labute approximate surface area is 138 Å². The zero-order chi connectivity index (χ0) is 15.7. The van der Waals surface area contributed by atoms with Crippen LogP contribution >= 0.6 is 7.92 Å². The third kappa shape index (κ3) is 0.162. The van der Waals surface area contributed by atoms with E-state index in [9.17, 15) is 0 Å². The monoisotopic (exact) mass is 385 g/mol. The number of fused-ring (bicyclic) bond motifs is 10. The molecule has 1 nitrogen and oxygen atoms in total. The first-order valence-electron chi connectivity index (χ1n) is 9.93. The van der Waals surface area contributed by atoms with Crippen LogP contribution in [0.5, 0.6) is 0 Å². The van der Waals surface area contributed by atoms with Gasteiger partial charge in [-0.1, -0.05) is 0 Å². The molecule has 10 saturated heterocycles. The van der Waals surface area contributed by atoms with Crippen LogP contribution in [0.1, 0.15) is 0 Å². The third-order valence-corrected chi connectivity index (χ3v) is 67.0. The fourth-order valence-electron chi connectivity index (χ4n) is 18.9. The summed E-state index contributed by atoms with van der Waals surface area (Å²) in [4.78, 5) is 10.1. The molecule has 10 heterocycles. The Morgan fingerprint density at radius 2 is 1.16 bits per heavy atom. The maximum atomic E-state index is 7.68. The van der Waals surface area contributed by atoms with Gasteiger partial charge in [0.15, 0.2) is 0 Å². The van der Waals surface area contributed by atoms with Crippen molar-refractivity contribution >= 4 is 18.5 Å². The van der Waals surface area contributed by atoms with E-state index < -0.39 is 6.51 Å². The molecule has 0 aliphatic carbocycles. The second-order valence-corrected chi connectivity index (χ2v) is 38.8. The second kappa shape index (κ2) is 1.18. The molecule has 10 fully saturated rings. The summed E-state index contributed by atoms with van der Waals surface area (Å²) in [6.07, 6.45) is 0. The van der Waals surface area contributed by atoms with E-state index in [1.165, 1.54) is 38.5 Å². The Kier molecular flexibility index (Phi) is 0.502. The van der Waals surface area contributed by atoms with Crippen LogP contribution < -0.4 is 16.3 Å². The maximum absolute atomic E-state index is 7.68. The number of nitrogens with two attached hydrogens (primary N) is 1. The summed E-state index contributed by atoms with van der Waals surface area (Å²) < 4.78 is 1.15. The molecule has 0 amide bonds. The molecular weight excluding hydrogens is 365 g/mol. The molecule has 2 aromatic rings. The summed E-state index contributed by atoms with van der Waals surface area (Å²) in [5.74, 6) is 0. The molecule has 10 aliphatic rings. The number of benzene rings is 2. The molecule has 2 N–H and O–H groups in total. The second-order valence-electron chi connectivity index (χ2n) is 12.8. The topological polar surface area (TPSA) is 26.0 Å². The average Bonchev–Trinajstić information content (AvgIpc) is 3.60. The molecule has 2 aromatic carbocycles. The Hall–Kier alpha value is -0.651. The van der Waals surface area contributed by atoms with E-state index in [1.807, 2.05) is 0 Å². The molecule has 0 saturated carbocycles. The van der Waals surface area contributed by atoms with Crippen molar-refractivity contribution in [2.75, 3.05) is 0 Å². The van der Waals surface area contributed by atoms with E-state index in [2.05, 4.69) is 60.7 Å².